The van der Waals surface area contributed by atoms with E-state index < -0.39 is 16.7 Å². The number of piperazine rings is 1. The molecule has 11 heteroatoms. The lowest BCUT2D eigenvalue weighted by Gasteiger charge is -2.36. The molecule has 42 heavy (non-hydrogen) atoms. The number of fused-ring (bicyclic) bond motifs is 1. The Morgan fingerprint density at radius 1 is 0.929 bits per heavy atom. The summed E-state index contributed by atoms with van der Waals surface area (Å²) in [6.45, 7) is 8.96. The maximum atomic E-state index is 13.4. The summed E-state index contributed by atoms with van der Waals surface area (Å²) in [5.74, 6) is 0.125. The van der Waals surface area contributed by atoms with Crippen LogP contribution in [0.15, 0.2) is 66.9 Å². The van der Waals surface area contributed by atoms with Crippen LogP contribution < -0.4 is 0 Å². The number of imidazole rings is 1. The van der Waals surface area contributed by atoms with Crippen molar-refractivity contribution in [1.82, 2.24) is 19.2 Å². The van der Waals surface area contributed by atoms with Gasteiger partial charge in [0.05, 0.1) is 21.9 Å². The molecule has 0 unspecified atom stereocenters. The van der Waals surface area contributed by atoms with Crippen molar-refractivity contribution in [1.29, 1.82) is 0 Å². The summed E-state index contributed by atoms with van der Waals surface area (Å²) >= 11 is 0. The molecule has 3 heterocycles. The van der Waals surface area contributed by atoms with E-state index in [9.17, 15) is 28.1 Å². The number of nitro groups is 1. The Bertz CT molecular complexity index is 1630. The van der Waals surface area contributed by atoms with Crippen molar-refractivity contribution in [2.75, 3.05) is 26.2 Å². The summed E-state index contributed by atoms with van der Waals surface area (Å²) < 4.78 is 42.1. The molecular formula is C31H32F3N5O3. The third kappa shape index (κ3) is 6.46. The van der Waals surface area contributed by atoms with Crippen LogP contribution in [0.25, 0.3) is 28.0 Å². The summed E-state index contributed by atoms with van der Waals surface area (Å²) in [6.07, 6.45) is -2.24. The second kappa shape index (κ2) is 11.2. The predicted octanol–water partition coefficient (Wildman–Crippen LogP) is 6.68. The minimum atomic E-state index is -4.47. The molecule has 1 fully saturated rings. The van der Waals surface area contributed by atoms with Crippen molar-refractivity contribution in [3.05, 3.63) is 88.2 Å². The van der Waals surface area contributed by atoms with Gasteiger partial charge in [-0.25, -0.2) is 4.98 Å². The van der Waals surface area contributed by atoms with E-state index in [1.165, 1.54) is 18.2 Å². The van der Waals surface area contributed by atoms with Crippen molar-refractivity contribution in [2.24, 2.45) is 5.41 Å². The quantitative estimate of drug-likeness (QED) is 0.188. The first-order valence-electron chi connectivity index (χ1n) is 13.7. The molecule has 2 aromatic heterocycles. The molecule has 1 amide bonds. The SMILES string of the molecule is CC(C)(C)CC(=O)N1CCN(Cc2c(-c3cccc([N+](=O)[O-])c3)nc3ccc(-c4cccc(C(F)(F)F)c4)cn23)CC1. The van der Waals surface area contributed by atoms with Crippen molar-refractivity contribution in [2.45, 2.75) is 39.9 Å². The number of nitrogens with zero attached hydrogens (tertiary/aromatic N) is 5. The third-order valence-electron chi connectivity index (χ3n) is 7.35. The largest absolute Gasteiger partial charge is 0.416 e. The Balaban J connectivity index is 1.51. The Hall–Kier alpha value is -4.25. The molecule has 0 saturated carbocycles. The highest BCUT2D eigenvalue weighted by Crippen LogP contribution is 2.34. The van der Waals surface area contributed by atoms with E-state index in [2.05, 4.69) is 4.90 Å². The molecule has 1 aliphatic heterocycles. The van der Waals surface area contributed by atoms with Crippen molar-refractivity contribution < 1.29 is 22.9 Å². The first kappa shape index (κ1) is 29.2. The van der Waals surface area contributed by atoms with E-state index in [4.69, 9.17) is 4.98 Å². The van der Waals surface area contributed by atoms with Crippen LogP contribution in [-0.2, 0) is 17.5 Å². The fourth-order valence-corrected chi connectivity index (χ4v) is 5.22. The number of amides is 1. The van der Waals surface area contributed by atoms with E-state index in [0.29, 0.717) is 67.2 Å². The molecule has 1 saturated heterocycles. The van der Waals surface area contributed by atoms with Gasteiger partial charge in [-0.15, -0.1) is 0 Å². The topological polar surface area (TPSA) is 84.0 Å². The van der Waals surface area contributed by atoms with Gasteiger partial charge in [0.15, 0.2) is 0 Å². The minimum Gasteiger partial charge on any atom is -0.340 e. The fraction of sp³-hybridized carbons (Fsp3) is 0.355. The Kier molecular flexibility index (Phi) is 7.80. The number of carbonyl (C=O) groups is 1. The number of alkyl halides is 3. The van der Waals surface area contributed by atoms with Crippen LogP contribution in [0.4, 0.5) is 18.9 Å². The molecule has 0 spiro atoms. The van der Waals surface area contributed by atoms with E-state index in [1.807, 2.05) is 30.1 Å². The summed E-state index contributed by atoms with van der Waals surface area (Å²) in [7, 11) is 0. The van der Waals surface area contributed by atoms with Gasteiger partial charge in [-0.1, -0.05) is 45.0 Å². The highest BCUT2D eigenvalue weighted by atomic mass is 19.4. The summed E-state index contributed by atoms with van der Waals surface area (Å²) in [6, 6.07) is 14.9. The molecule has 8 nitrogen and oxygen atoms in total. The molecule has 5 rings (SSSR count). The highest BCUT2D eigenvalue weighted by Gasteiger charge is 2.31. The van der Waals surface area contributed by atoms with E-state index >= 15 is 0 Å². The van der Waals surface area contributed by atoms with Gasteiger partial charge in [0.1, 0.15) is 5.65 Å². The summed E-state index contributed by atoms with van der Waals surface area (Å²) in [5.41, 5.74) is 2.55. The number of nitro benzene ring substituents is 1. The van der Waals surface area contributed by atoms with Gasteiger partial charge in [-0.3, -0.25) is 19.8 Å². The average Bonchev–Trinajstić information content (AvgIpc) is 3.29. The Morgan fingerprint density at radius 3 is 2.29 bits per heavy atom. The third-order valence-corrected chi connectivity index (χ3v) is 7.35. The zero-order chi connectivity index (χ0) is 30.2. The van der Waals surface area contributed by atoms with Gasteiger partial charge < -0.3 is 9.30 Å². The van der Waals surface area contributed by atoms with Crippen LogP contribution in [-0.4, -0.2) is 56.2 Å². The lowest BCUT2D eigenvalue weighted by atomic mass is 9.91. The van der Waals surface area contributed by atoms with Gasteiger partial charge in [-0.05, 0) is 40.8 Å². The molecule has 4 aromatic rings. The van der Waals surface area contributed by atoms with Crippen LogP contribution in [0, 0.1) is 15.5 Å². The maximum Gasteiger partial charge on any atom is 0.416 e. The maximum absolute atomic E-state index is 13.4. The number of rotatable bonds is 6. The van der Waals surface area contributed by atoms with E-state index in [1.54, 1.807) is 36.5 Å². The molecular weight excluding hydrogens is 547 g/mol. The molecule has 0 aliphatic carbocycles. The van der Waals surface area contributed by atoms with Crippen LogP contribution in [0.3, 0.4) is 0 Å². The fourth-order valence-electron chi connectivity index (χ4n) is 5.22. The van der Waals surface area contributed by atoms with Crippen LogP contribution in [0.2, 0.25) is 0 Å². The zero-order valence-electron chi connectivity index (χ0n) is 23.7. The van der Waals surface area contributed by atoms with Crippen molar-refractivity contribution >= 4 is 17.2 Å². The highest BCUT2D eigenvalue weighted by molar-refractivity contribution is 5.77. The molecule has 0 bridgehead atoms. The van der Waals surface area contributed by atoms with Gasteiger partial charge in [0.2, 0.25) is 5.91 Å². The number of benzene rings is 2. The standard InChI is InChI=1S/C31H32F3N5O3/c1-30(2,3)18-28(40)37-14-12-36(13-15-37)20-26-29(22-7-5-9-25(17-22)39(41)42)35-27-11-10-23(19-38(26)27)21-6-4-8-24(16-21)31(32,33)34/h4-11,16-17,19H,12-15,18,20H2,1-3H3. The number of hydrogen-bond acceptors (Lipinski definition) is 5. The lowest BCUT2D eigenvalue weighted by Crippen LogP contribution is -2.49. The summed E-state index contributed by atoms with van der Waals surface area (Å²) in [4.78, 5) is 32.7. The smallest absolute Gasteiger partial charge is 0.340 e. The number of halogens is 3. The second-order valence-corrected chi connectivity index (χ2v) is 11.8. The normalized spacial score (nSPS) is 14.9. The first-order valence-corrected chi connectivity index (χ1v) is 13.7. The van der Waals surface area contributed by atoms with E-state index in [0.717, 1.165) is 17.8 Å². The minimum absolute atomic E-state index is 0.0638. The number of non-ortho nitro benzene ring substituents is 1. The Labute approximate surface area is 241 Å². The van der Waals surface area contributed by atoms with Crippen LogP contribution in [0.5, 0.6) is 0 Å². The molecule has 1 aliphatic rings. The number of hydrogen-bond donors (Lipinski definition) is 0. The Morgan fingerprint density at radius 2 is 1.62 bits per heavy atom. The summed E-state index contributed by atoms with van der Waals surface area (Å²) in [5, 5.41) is 11.5. The van der Waals surface area contributed by atoms with Crippen molar-refractivity contribution in [3.8, 4) is 22.4 Å². The van der Waals surface area contributed by atoms with Gasteiger partial charge in [0.25, 0.3) is 5.69 Å². The van der Waals surface area contributed by atoms with Crippen LogP contribution >= 0.6 is 0 Å². The average molecular weight is 580 g/mol. The van der Waals surface area contributed by atoms with Gasteiger partial charge in [-0.2, -0.15) is 13.2 Å². The van der Waals surface area contributed by atoms with Crippen LogP contribution in [0.1, 0.15) is 38.4 Å². The first-order chi connectivity index (χ1) is 19.8. The molecule has 220 valence electrons. The van der Waals surface area contributed by atoms with E-state index in [-0.39, 0.29) is 17.0 Å². The van der Waals surface area contributed by atoms with Gasteiger partial charge >= 0.3 is 6.18 Å². The monoisotopic (exact) mass is 579 g/mol. The van der Waals surface area contributed by atoms with Crippen molar-refractivity contribution in [3.63, 3.8) is 0 Å². The predicted molar refractivity (Wildman–Crippen MR) is 154 cm³/mol. The molecule has 2 aromatic carbocycles. The molecule has 0 radical (unpaired) electrons. The zero-order valence-corrected chi connectivity index (χ0v) is 23.7. The van der Waals surface area contributed by atoms with Gasteiger partial charge in [0, 0.05) is 63.0 Å². The number of aromatic nitrogens is 2. The molecule has 0 N–H and O–H groups in total. The lowest BCUT2D eigenvalue weighted by molar-refractivity contribution is -0.384. The molecule has 0 atom stereocenters. The number of carbonyl (C=O) groups excluding carboxylic acids is 1. The second-order valence-electron chi connectivity index (χ2n) is 11.8. The number of pyridine rings is 1.